The molecule has 0 spiro atoms. The number of nitrogens with one attached hydrogen (secondary N) is 1. The largest absolute Gasteiger partial charge is 0.414 e. The molecule has 0 aliphatic heterocycles. The topological polar surface area (TPSA) is 41.8 Å². The Morgan fingerprint density at radius 3 is 2.54 bits per heavy atom. The van der Waals surface area contributed by atoms with Crippen molar-refractivity contribution < 1.29 is 4.42 Å². The summed E-state index contributed by atoms with van der Waals surface area (Å²) in [6.45, 7) is 8.81. The predicted molar refractivity (Wildman–Crippen MR) is 54.0 cm³/mol. The second-order valence-corrected chi connectivity index (χ2v) is 4.85. The summed E-state index contributed by atoms with van der Waals surface area (Å²) in [4.78, 5) is 0.358. The third kappa shape index (κ3) is 2.95. The Labute approximate surface area is 83.5 Å². The molecule has 0 aromatic carbocycles. The average molecular weight is 200 g/mol. The highest BCUT2D eigenvalue weighted by molar-refractivity contribution is 7.71. The molecule has 0 saturated heterocycles. The van der Waals surface area contributed by atoms with Gasteiger partial charge in [0.1, 0.15) is 0 Å². The highest BCUT2D eigenvalue weighted by Crippen LogP contribution is 2.27. The molecule has 1 aromatic rings. The fraction of sp³-hybridized carbons (Fsp3) is 0.778. The van der Waals surface area contributed by atoms with Gasteiger partial charge in [-0.05, 0) is 23.6 Å². The molecule has 0 bridgehead atoms. The minimum Gasteiger partial charge on any atom is -0.414 e. The van der Waals surface area contributed by atoms with E-state index in [2.05, 4.69) is 37.9 Å². The van der Waals surface area contributed by atoms with E-state index in [1.807, 2.05) is 0 Å². The highest BCUT2D eigenvalue weighted by atomic mass is 32.1. The Bertz CT molecular complexity index is 321. The lowest BCUT2D eigenvalue weighted by Crippen LogP contribution is -2.19. The number of rotatable bonds is 2. The van der Waals surface area contributed by atoms with Gasteiger partial charge in [-0.25, -0.2) is 5.10 Å². The Morgan fingerprint density at radius 2 is 2.15 bits per heavy atom. The van der Waals surface area contributed by atoms with Crippen LogP contribution in [-0.2, 0) is 6.42 Å². The number of aromatic nitrogens is 2. The molecule has 1 unspecified atom stereocenters. The van der Waals surface area contributed by atoms with E-state index in [0.29, 0.717) is 16.6 Å². The second-order valence-electron chi connectivity index (χ2n) is 4.48. The summed E-state index contributed by atoms with van der Waals surface area (Å²) >= 11 is 4.79. The minimum atomic E-state index is 0.274. The quantitative estimate of drug-likeness (QED) is 0.746. The van der Waals surface area contributed by atoms with Crippen LogP contribution in [0.15, 0.2) is 4.42 Å². The van der Waals surface area contributed by atoms with Crippen molar-refractivity contribution in [2.45, 2.75) is 34.1 Å². The van der Waals surface area contributed by atoms with E-state index in [1.165, 1.54) is 0 Å². The molecule has 0 radical (unpaired) electrons. The molecule has 3 nitrogen and oxygen atoms in total. The van der Waals surface area contributed by atoms with Gasteiger partial charge in [0.25, 0.3) is 4.84 Å². The molecule has 1 N–H and O–H groups in total. The Kier molecular flexibility index (Phi) is 2.91. The SMILES string of the molecule is CC(Cc1n[nH]c(=S)o1)C(C)(C)C. The zero-order valence-electron chi connectivity index (χ0n) is 8.55. The Hall–Kier alpha value is -0.640. The molecule has 74 valence electrons. The van der Waals surface area contributed by atoms with Crippen LogP contribution >= 0.6 is 12.2 Å². The summed E-state index contributed by atoms with van der Waals surface area (Å²) in [5.41, 5.74) is 0.274. The summed E-state index contributed by atoms with van der Waals surface area (Å²) < 4.78 is 5.20. The fourth-order valence-electron chi connectivity index (χ4n) is 0.916. The van der Waals surface area contributed by atoms with Crippen LogP contribution in [0.5, 0.6) is 0 Å². The summed E-state index contributed by atoms with van der Waals surface area (Å²) in [7, 11) is 0. The number of hydrogen-bond acceptors (Lipinski definition) is 3. The highest BCUT2D eigenvalue weighted by Gasteiger charge is 2.21. The second kappa shape index (κ2) is 3.62. The van der Waals surface area contributed by atoms with E-state index in [0.717, 1.165) is 6.42 Å². The van der Waals surface area contributed by atoms with Gasteiger partial charge in [0.15, 0.2) is 0 Å². The molecule has 13 heavy (non-hydrogen) atoms. The van der Waals surface area contributed by atoms with E-state index in [1.54, 1.807) is 0 Å². The van der Waals surface area contributed by atoms with Crippen LogP contribution in [0.25, 0.3) is 0 Å². The lowest BCUT2D eigenvalue weighted by Gasteiger charge is -2.25. The van der Waals surface area contributed by atoms with Gasteiger partial charge in [-0.1, -0.05) is 27.7 Å². The van der Waals surface area contributed by atoms with Crippen molar-refractivity contribution in [1.29, 1.82) is 0 Å². The van der Waals surface area contributed by atoms with Crippen molar-refractivity contribution in [3.8, 4) is 0 Å². The zero-order valence-corrected chi connectivity index (χ0v) is 9.36. The van der Waals surface area contributed by atoms with E-state index in [9.17, 15) is 0 Å². The molecule has 0 aliphatic rings. The molecule has 4 heteroatoms. The maximum absolute atomic E-state index is 5.20. The molecule has 0 amide bonds. The van der Waals surface area contributed by atoms with E-state index < -0.39 is 0 Å². The number of nitrogens with zero attached hydrogens (tertiary/aromatic N) is 1. The fourth-order valence-corrected chi connectivity index (χ4v) is 1.06. The molecular formula is C9H16N2OS. The van der Waals surface area contributed by atoms with Gasteiger partial charge in [0.2, 0.25) is 5.89 Å². The molecule has 0 saturated carbocycles. The number of H-pyrrole nitrogens is 1. The van der Waals surface area contributed by atoms with Crippen LogP contribution < -0.4 is 0 Å². The first-order valence-electron chi connectivity index (χ1n) is 4.44. The number of hydrogen-bond donors (Lipinski definition) is 1. The number of aromatic amines is 1. The molecule has 1 aromatic heterocycles. The van der Waals surface area contributed by atoms with Gasteiger partial charge < -0.3 is 4.42 Å². The van der Waals surface area contributed by atoms with Crippen LogP contribution in [0.1, 0.15) is 33.6 Å². The van der Waals surface area contributed by atoms with E-state index in [-0.39, 0.29) is 5.41 Å². The van der Waals surface area contributed by atoms with Crippen molar-refractivity contribution in [1.82, 2.24) is 10.2 Å². The lowest BCUT2D eigenvalue weighted by molar-refractivity contribution is 0.244. The average Bonchev–Trinajstić information content (AvgIpc) is 2.33. The maximum atomic E-state index is 5.20. The van der Waals surface area contributed by atoms with Gasteiger partial charge in [0, 0.05) is 6.42 Å². The summed E-state index contributed by atoms with van der Waals surface area (Å²) in [6.07, 6.45) is 0.830. The van der Waals surface area contributed by atoms with E-state index in [4.69, 9.17) is 16.6 Å². The Morgan fingerprint density at radius 1 is 1.54 bits per heavy atom. The van der Waals surface area contributed by atoms with Crippen molar-refractivity contribution >= 4 is 12.2 Å². The summed E-state index contributed by atoms with van der Waals surface area (Å²) in [5, 5.41) is 6.60. The summed E-state index contributed by atoms with van der Waals surface area (Å²) in [6, 6.07) is 0. The molecule has 1 heterocycles. The molecule has 0 fully saturated rings. The molecule has 0 aliphatic carbocycles. The van der Waals surface area contributed by atoms with Crippen molar-refractivity contribution in [2.24, 2.45) is 11.3 Å². The van der Waals surface area contributed by atoms with Crippen LogP contribution in [0.3, 0.4) is 0 Å². The standard InChI is InChI=1S/C9H16N2OS/c1-6(9(2,3)4)5-7-10-11-8(13)12-7/h6H,5H2,1-4H3,(H,11,13). The maximum Gasteiger partial charge on any atom is 0.284 e. The van der Waals surface area contributed by atoms with Crippen LogP contribution in [0, 0.1) is 16.2 Å². The van der Waals surface area contributed by atoms with Crippen LogP contribution in [-0.4, -0.2) is 10.2 Å². The van der Waals surface area contributed by atoms with Crippen molar-refractivity contribution in [3.05, 3.63) is 10.7 Å². The van der Waals surface area contributed by atoms with Gasteiger partial charge in [0.05, 0.1) is 0 Å². The third-order valence-electron chi connectivity index (χ3n) is 2.44. The monoisotopic (exact) mass is 200 g/mol. The van der Waals surface area contributed by atoms with E-state index >= 15 is 0 Å². The third-order valence-corrected chi connectivity index (χ3v) is 2.62. The van der Waals surface area contributed by atoms with Crippen LogP contribution in [0.2, 0.25) is 0 Å². The van der Waals surface area contributed by atoms with Gasteiger partial charge in [-0.2, -0.15) is 0 Å². The smallest absolute Gasteiger partial charge is 0.284 e. The normalized spacial score (nSPS) is 14.5. The molecular weight excluding hydrogens is 184 g/mol. The molecule has 1 rings (SSSR count). The zero-order chi connectivity index (χ0) is 10.1. The first kappa shape index (κ1) is 10.4. The van der Waals surface area contributed by atoms with Gasteiger partial charge in [-0.3, -0.25) is 0 Å². The van der Waals surface area contributed by atoms with Crippen LogP contribution in [0.4, 0.5) is 0 Å². The van der Waals surface area contributed by atoms with Gasteiger partial charge in [-0.15, -0.1) is 5.10 Å². The summed E-state index contributed by atoms with van der Waals surface area (Å²) in [5.74, 6) is 1.22. The first-order chi connectivity index (χ1) is 5.89. The molecule has 1 atom stereocenters. The van der Waals surface area contributed by atoms with Crippen molar-refractivity contribution in [3.63, 3.8) is 0 Å². The Balaban J connectivity index is 2.65. The predicted octanol–water partition coefficient (Wildman–Crippen LogP) is 2.96. The minimum absolute atomic E-state index is 0.274. The lowest BCUT2D eigenvalue weighted by atomic mass is 9.80. The first-order valence-corrected chi connectivity index (χ1v) is 4.85. The van der Waals surface area contributed by atoms with Gasteiger partial charge >= 0.3 is 0 Å². The van der Waals surface area contributed by atoms with Crippen molar-refractivity contribution in [2.75, 3.05) is 0 Å².